The monoisotopic (exact) mass is 190 g/mol. The third-order valence-electron chi connectivity index (χ3n) is 2.35. The third kappa shape index (κ3) is 1.71. The van der Waals surface area contributed by atoms with Crippen LogP contribution in [-0.2, 0) is 0 Å². The van der Waals surface area contributed by atoms with Crippen LogP contribution < -0.4 is 10.5 Å². The summed E-state index contributed by atoms with van der Waals surface area (Å²) in [5, 5.41) is 7.16. The van der Waals surface area contributed by atoms with Crippen LogP contribution >= 0.6 is 0 Å². The van der Waals surface area contributed by atoms with Crippen molar-refractivity contribution in [2.45, 2.75) is 25.9 Å². The topological polar surface area (TPSA) is 59.1 Å². The van der Waals surface area contributed by atoms with E-state index in [1.807, 2.05) is 19.1 Å². The number of benzene rings is 1. The Labute approximate surface area is 83.4 Å². The number of hydrogen-bond acceptors (Lipinski definition) is 3. The zero-order chi connectivity index (χ0) is 10.1. The summed E-state index contributed by atoms with van der Waals surface area (Å²) in [5.74, 6) is 0.857. The fraction of sp³-hybridized carbons (Fsp3) is 0.364. The van der Waals surface area contributed by atoms with Crippen LogP contribution in [0.1, 0.15) is 24.0 Å². The maximum atomic E-state index is 7.16. The van der Waals surface area contributed by atoms with Crippen molar-refractivity contribution in [2.24, 2.45) is 0 Å². The fourth-order valence-corrected chi connectivity index (χ4v) is 1.34. The van der Waals surface area contributed by atoms with Crippen LogP contribution in [0.5, 0.6) is 5.75 Å². The predicted octanol–water partition coefficient (Wildman–Crippen LogP) is 2.12. The molecule has 0 saturated heterocycles. The molecule has 3 heteroatoms. The molecule has 0 atom stereocenters. The summed E-state index contributed by atoms with van der Waals surface area (Å²) in [4.78, 5) is 0. The summed E-state index contributed by atoms with van der Waals surface area (Å²) in [7, 11) is 0. The van der Waals surface area contributed by atoms with Gasteiger partial charge in [-0.3, -0.25) is 0 Å². The van der Waals surface area contributed by atoms with Gasteiger partial charge in [0.25, 0.3) is 0 Å². The molecule has 14 heavy (non-hydrogen) atoms. The van der Waals surface area contributed by atoms with Crippen molar-refractivity contribution in [1.29, 1.82) is 5.41 Å². The first kappa shape index (κ1) is 9.06. The molecule has 1 aromatic rings. The van der Waals surface area contributed by atoms with Crippen LogP contribution in [0.4, 0.5) is 5.69 Å². The highest BCUT2D eigenvalue weighted by Gasteiger charge is 2.24. The number of ether oxygens (including phenoxy) is 1. The van der Waals surface area contributed by atoms with E-state index in [-0.39, 0.29) is 0 Å². The summed E-state index contributed by atoms with van der Waals surface area (Å²) in [6.45, 7) is 1.98. The summed E-state index contributed by atoms with van der Waals surface area (Å²) < 4.78 is 5.68. The van der Waals surface area contributed by atoms with E-state index in [1.54, 1.807) is 0 Å². The molecule has 1 aliphatic rings. The molecule has 0 amide bonds. The Bertz CT molecular complexity index is 370. The van der Waals surface area contributed by atoms with Gasteiger partial charge in [-0.2, -0.15) is 0 Å². The van der Waals surface area contributed by atoms with Gasteiger partial charge >= 0.3 is 0 Å². The van der Waals surface area contributed by atoms with Crippen LogP contribution in [0.25, 0.3) is 0 Å². The first-order valence-corrected chi connectivity index (χ1v) is 4.78. The summed E-state index contributed by atoms with van der Waals surface area (Å²) >= 11 is 0. The van der Waals surface area contributed by atoms with Gasteiger partial charge in [0.15, 0.2) is 0 Å². The number of nitrogens with two attached hydrogens (primary N) is 1. The van der Waals surface area contributed by atoms with E-state index in [0.29, 0.717) is 11.8 Å². The smallest absolute Gasteiger partial charge is 0.124 e. The van der Waals surface area contributed by atoms with Crippen molar-refractivity contribution in [3.05, 3.63) is 23.3 Å². The molecule has 1 aromatic carbocycles. The van der Waals surface area contributed by atoms with Gasteiger partial charge in [-0.05, 0) is 31.4 Å². The van der Waals surface area contributed by atoms with Gasteiger partial charge in [-0.1, -0.05) is 0 Å². The molecule has 0 bridgehead atoms. The summed E-state index contributed by atoms with van der Waals surface area (Å²) in [5.41, 5.74) is 8.18. The van der Waals surface area contributed by atoms with Crippen LogP contribution in [0, 0.1) is 12.3 Å². The van der Waals surface area contributed by atoms with Gasteiger partial charge in [0.05, 0.1) is 6.10 Å². The maximum absolute atomic E-state index is 7.16. The Morgan fingerprint density at radius 3 is 2.79 bits per heavy atom. The Morgan fingerprint density at radius 1 is 1.50 bits per heavy atom. The molecular formula is C11H14N2O. The zero-order valence-electron chi connectivity index (χ0n) is 8.21. The second-order valence-corrected chi connectivity index (χ2v) is 3.71. The summed E-state index contributed by atoms with van der Waals surface area (Å²) in [6.07, 6.45) is 3.94. The molecule has 0 spiro atoms. The molecule has 3 nitrogen and oxygen atoms in total. The first-order chi connectivity index (χ1) is 6.70. The highest BCUT2D eigenvalue weighted by atomic mass is 16.5. The number of rotatable bonds is 3. The molecule has 74 valence electrons. The van der Waals surface area contributed by atoms with E-state index >= 15 is 0 Å². The van der Waals surface area contributed by atoms with Gasteiger partial charge in [0, 0.05) is 23.5 Å². The number of nitrogen functional groups attached to an aromatic ring is 1. The van der Waals surface area contributed by atoms with E-state index < -0.39 is 0 Å². The molecule has 0 radical (unpaired) electrons. The highest BCUT2D eigenvalue weighted by molar-refractivity contribution is 5.85. The normalized spacial score (nSPS) is 15.2. The average Bonchev–Trinajstić information content (AvgIpc) is 2.94. The minimum absolute atomic E-state index is 0.388. The highest BCUT2D eigenvalue weighted by Crippen LogP contribution is 2.31. The van der Waals surface area contributed by atoms with E-state index in [9.17, 15) is 0 Å². The van der Waals surface area contributed by atoms with E-state index in [2.05, 4.69) is 0 Å². The lowest BCUT2D eigenvalue weighted by Gasteiger charge is -2.10. The van der Waals surface area contributed by atoms with Crippen LogP contribution in [0.15, 0.2) is 12.1 Å². The number of nitrogens with one attached hydrogen (secondary N) is 1. The van der Waals surface area contributed by atoms with Crippen molar-refractivity contribution in [3.8, 4) is 5.75 Å². The zero-order valence-corrected chi connectivity index (χ0v) is 8.21. The Morgan fingerprint density at radius 2 is 2.21 bits per heavy atom. The third-order valence-corrected chi connectivity index (χ3v) is 2.35. The van der Waals surface area contributed by atoms with Crippen molar-refractivity contribution in [2.75, 3.05) is 5.73 Å². The molecular weight excluding hydrogens is 176 g/mol. The SMILES string of the molecule is Cc1cc(C=N)c(N)cc1OC1CC1. The lowest BCUT2D eigenvalue weighted by atomic mass is 10.1. The average molecular weight is 190 g/mol. The van der Waals surface area contributed by atoms with Crippen molar-refractivity contribution >= 4 is 11.9 Å². The number of hydrogen-bond donors (Lipinski definition) is 2. The lowest BCUT2D eigenvalue weighted by molar-refractivity contribution is 0.301. The van der Waals surface area contributed by atoms with E-state index in [1.165, 1.54) is 6.21 Å². The van der Waals surface area contributed by atoms with Crippen LogP contribution in [-0.4, -0.2) is 12.3 Å². The minimum atomic E-state index is 0.388. The van der Waals surface area contributed by atoms with Crippen LogP contribution in [0.3, 0.4) is 0 Å². The van der Waals surface area contributed by atoms with Gasteiger partial charge in [0.2, 0.25) is 0 Å². The molecule has 2 rings (SSSR count). The molecule has 1 saturated carbocycles. The number of anilines is 1. The molecule has 0 aliphatic heterocycles. The largest absolute Gasteiger partial charge is 0.490 e. The molecule has 0 unspecified atom stereocenters. The Balaban J connectivity index is 2.30. The van der Waals surface area contributed by atoms with Gasteiger partial charge in [-0.25, -0.2) is 0 Å². The number of aryl methyl sites for hydroxylation is 1. The van der Waals surface area contributed by atoms with Crippen molar-refractivity contribution in [3.63, 3.8) is 0 Å². The second-order valence-electron chi connectivity index (χ2n) is 3.71. The van der Waals surface area contributed by atoms with E-state index in [0.717, 1.165) is 29.7 Å². The minimum Gasteiger partial charge on any atom is -0.490 e. The quantitative estimate of drug-likeness (QED) is 0.566. The van der Waals surface area contributed by atoms with Crippen LogP contribution in [0.2, 0.25) is 0 Å². The van der Waals surface area contributed by atoms with Gasteiger partial charge in [-0.15, -0.1) is 0 Å². The second kappa shape index (κ2) is 3.33. The van der Waals surface area contributed by atoms with Crippen molar-refractivity contribution < 1.29 is 4.74 Å². The van der Waals surface area contributed by atoms with Gasteiger partial charge in [0.1, 0.15) is 5.75 Å². The molecule has 1 aliphatic carbocycles. The van der Waals surface area contributed by atoms with E-state index in [4.69, 9.17) is 15.9 Å². The molecule has 3 N–H and O–H groups in total. The molecule has 0 aromatic heterocycles. The lowest BCUT2D eigenvalue weighted by Crippen LogP contribution is -2.01. The summed E-state index contributed by atoms with van der Waals surface area (Å²) in [6, 6.07) is 3.70. The molecule has 0 heterocycles. The predicted molar refractivity (Wildman–Crippen MR) is 57.1 cm³/mol. The standard InChI is InChI=1S/C11H14N2O/c1-7-4-8(6-12)10(13)5-11(7)14-9-2-3-9/h4-6,9,12H,2-3,13H2,1H3. The maximum Gasteiger partial charge on any atom is 0.124 e. The Kier molecular flexibility index (Phi) is 2.15. The fourth-order valence-electron chi connectivity index (χ4n) is 1.34. The van der Waals surface area contributed by atoms with Crippen molar-refractivity contribution in [1.82, 2.24) is 0 Å². The molecule has 1 fully saturated rings. The van der Waals surface area contributed by atoms with Gasteiger partial charge < -0.3 is 15.9 Å². The first-order valence-electron chi connectivity index (χ1n) is 4.78. The Hall–Kier alpha value is -1.51.